The van der Waals surface area contributed by atoms with Crippen LogP contribution in [-0.2, 0) is 23.8 Å². The number of ether oxygens (including phenoxy) is 3. The van der Waals surface area contributed by atoms with E-state index in [4.69, 9.17) is 19.9 Å². The minimum absolute atomic E-state index is 0.0214. The van der Waals surface area contributed by atoms with Crippen molar-refractivity contribution < 1.29 is 28.6 Å². The molecule has 0 unspecified atom stereocenters. The average Bonchev–Trinajstić information content (AvgIpc) is 2.46. The first-order valence-corrected chi connectivity index (χ1v) is 7.56. The monoisotopic (exact) mass is 345 g/mol. The summed E-state index contributed by atoms with van der Waals surface area (Å²) in [7, 11) is 1.51. The van der Waals surface area contributed by atoms with Crippen LogP contribution in [0.25, 0.3) is 0 Å². The van der Waals surface area contributed by atoms with Crippen LogP contribution in [0.3, 0.4) is 0 Å². The lowest BCUT2D eigenvalue weighted by Gasteiger charge is -2.19. The highest BCUT2D eigenvalue weighted by Gasteiger charge is 2.20. The summed E-state index contributed by atoms with van der Waals surface area (Å²) in [6.07, 6.45) is -0.922. The molecule has 0 spiro atoms. The highest BCUT2D eigenvalue weighted by molar-refractivity contribution is 5.94. The van der Waals surface area contributed by atoms with Gasteiger partial charge in [-0.05, 0) is 27.7 Å². The van der Waals surface area contributed by atoms with Crippen LogP contribution in [0.4, 0.5) is 4.79 Å². The Kier molecular flexibility index (Phi) is 9.29. The van der Waals surface area contributed by atoms with E-state index in [1.54, 1.807) is 27.7 Å². The normalized spacial score (nSPS) is 11.9. The number of hydrogen-bond donors (Lipinski definition) is 3. The zero-order chi connectivity index (χ0) is 18.8. The van der Waals surface area contributed by atoms with Crippen LogP contribution in [0.5, 0.6) is 0 Å². The third-order valence-electron chi connectivity index (χ3n) is 2.47. The first kappa shape index (κ1) is 21.6. The van der Waals surface area contributed by atoms with E-state index in [1.165, 1.54) is 7.05 Å². The van der Waals surface area contributed by atoms with E-state index < -0.39 is 23.6 Å². The molecule has 0 bridgehead atoms. The molecular weight excluding hydrogens is 318 g/mol. The van der Waals surface area contributed by atoms with Crippen molar-refractivity contribution in [1.29, 1.82) is 0 Å². The predicted octanol–water partition coefficient (Wildman–Crippen LogP) is 0.397. The lowest BCUT2D eigenvalue weighted by Crippen LogP contribution is -2.34. The molecule has 0 aliphatic carbocycles. The molecule has 0 rings (SSSR count). The van der Waals surface area contributed by atoms with E-state index in [0.717, 1.165) is 0 Å². The molecule has 0 radical (unpaired) electrons. The van der Waals surface area contributed by atoms with Gasteiger partial charge in [0.25, 0.3) is 0 Å². The number of nitrogens with two attached hydrogens (primary N) is 1. The molecule has 9 nitrogen and oxygen atoms in total. The average molecular weight is 345 g/mol. The molecule has 0 aromatic rings. The van der Waals surface area contributed by atoms with Crippen molar-refractivity contribution in [2.75, 3.05) is 26.8 Å². The molecule has 0 saturated carbocycles. The quantitative estimate of drug-likeness (QED) is 0.249. The van der Waals surface area contributed by atoms with Gasteiger partial charge in [0, 0.05) is 7.05 Å². The highest BCUT2D eigenvalue weighted by Crippen LogP contribution is 2.08. The van der Waals surface area contributed by atoms with E-state index in [2.05, 4.69) is 10.6 Å². The molecule has 138 valence electrons. The first-order valence-electron chi connectivity index (χ1n) is 7.56. The van der Waals surface area contributed by atoms with Gasteiger partial charge in [-0.15, -0.1) is 0 Å². The summed E-state index contributed by atoms with van der Waals surface area (Å²) in [5.41, 5.74) is 5.01. The molecular formula is C15H27N3O6. The second kappa shape index (κ2) is 10.3. The van der Waals surface area contributed by atoms with Crippen LogP contribution in [0, 0.1) is 0 Å². The van der Waals surface area contributed by atoms with Crippen LogP contribution in [0.1, 0.15) is 34.1 Å². The third kappa shape index (κ3) is 9.54. The van der Waals surface area contributed by atoms with Gasteiger partial charge in [0.2, 0.25) is 0 Å². The van der Waals surface area contributed by atoms with Crippen molar-refractivity contribution in [3.63, 3.8) is 0 Å². The van der Waals surface area contributed by atoms with Gasteiger partial charge < -0.3 is 30.6 Å². The van der Waals surface area contributed by atoms with Gasteiger partial charge in [-0.25, -0.2) is 9.59 Å². The maximum Gasteiger partial charge on any atom is 0.407 e. The van der Waals surface area contributed by atoms with Crippen molar-refractivity contribution in [2.45, 2.75) is 39.7 Å². The molecule has 0 saturated heterocycles. The van der Waals surface area contributed by atoms with Gasteiger partial charge in [-0.3, -0.25) is 4.79 Å². The minimum atomic E-state index is -0.763. The Hall–Kier alpha value is -2.45. The zero-order valence-electron chi connectivity index (χ0n) is 14.9. The standard InChI is InChI=1S/C15H27N3O6/c1-6-22-11(19)9-10(12(16)17-5)13(20)23-8-7-18-14(21)24-15(2,3)4/h17H,6-9,16H2,1-5H3,(H,18,21)/b12-10+. The number of carbonyl (C=O) groups excluding carboxylic acids is 3. The number of alkyl carbamates (subject to hydrolysis) is 1. The van der Waals surface area contributed by atoms with E-state index >= 15 is 0 Å². The summed E-state index contributed by atoms with van der Waals surface area (Å²) in [5.74, 6) is -1.33. The molecule has 0 atom stereocenters. The topological polar surface area (TPSA) is 129 Å². The fourth-order valence-electron chi connectivity index (χ4n) is 1.48. The van der Waals surface area contributed by atoms with Crippen LogP contribution < -0.4 is 16.4 Å². The lowest BCUT2D eigenvalue weighted by atomic mass is 10.2. The number of rotatable bonds is 8. The Morgan fingerprint density at radius 2 is 1.75 bits per heavy atom. The van der Waals surface area contributed by atoms with E-state index in [9.17, 15) is 14.4 Å². The third-order valence-corrected chi connectivity index (χ3v) is 2.47. The molecule has 0 aliphatic heterocycles. The van der Waals surface area contributed by atoms with Gasteiger partial charge in [-0.1, -0.05) is 0 Å². The zero-order valence-corrected chi connectivity index (χ0v) is 14.9. The summed E-state index contributed by atoms with van der Waals surface area (Å²) in [6, 6.07) is 0. The van der Waals surface area contributed by atoms with Gasteiger partial charge in [0.1, 0.15) is 18.0 Å². The van der Waals surface area contributed by atoms with E-state index in [1.807, 2.05) is 0 Å². The SMILES string of the molecule is CCOC(=O)C/C(C(=O)OCCNC(=O)OC(C)(C)C)=C(/N)NC. The van der Waals surface area contributed by atoms with Crippen molar-refractivity contribution in [1.82, 2.24) is 10.6 Å². The summed E-state index contributed by atoms with van der Waals surface area (Å²) in [4.78, 5) is 34.9. The van der Waals surface area contributed by atoms with Crippen molar-refractivity contribution in [3.8, 4) is 0 Å². The Morgan fingerprint density at radius 3 is 2.25 bits per heavy atom. The Balaban J connectivity index is 4.44. The summed E-state index contributed by atoms with van der Waals surface area (Å²) in [6.45, 7) is 7.02. The molecule has 0 aliphatic rings. The van der Waals surface area contributed by atoms with E-state index in [-0.39, 0.29) is 37.6 Å². The lowest BCUT2D eigenvalue weighted by molar-refractivity contribution is -0.146. The predicted molar refractivity (Wildman–Crippen MR) is 86.7 cm³/mol. The molecule has 24 heavy (non-hydrogen) atoms. The molecule has 0 aromatic carbocycles. The smallest absolute Gasteiger partial charge is 0.407 e. The summed E-state index contributed by atoms with van der Waals surface area (Å²) in [5, 5.41) is 5.03. The van der Waals surface area contributed by atoms with Crippen molar-refractivity contribution >= 4 is 18.0 Å². The maximum atomic E-state index is 12.0. The number of amides is 1. The van der Waals surface area contributed by atoms with Gasteiger partial charge in [0.15, 0.2) is 0 Å². The highest BCUT2D eigenvalue weighted by atomic mass is 16.6. The summed E-state index contributed by atoms with van der Waals surface area (Å²) < 4.78 is 14.8. The van der Waals surface area contributed by atoms with Crippen LogP contribution in [0.15, 0.2) is 11.4 Å². The van der Waals surface area contributed by atoms with Gasteiger partial charge in [-0.2, -0.15) is 0 Å². The number of carbonyl (C=O) groups is 3. The second-order valence-corrected chi connectivity index (χ2v) is 5.69. The number of nitrogens with one attached hydrogen (secondary N) is 2. The Morgan fingerprint density at radius 1 is 1.12 bits per heavy atom. The number of hydrogen-bond acceptors (Lipinski definition) is 8. The molecule has 0 aromatic heterocycles. The number of esters is 2. The Bertz CT molecular complexity index is 482. The first-order chi connectivity index (χ1) is 11.1. The van der Waals surface area contributed by atoms with Gasteiger partial charge >= 0.3 is 18.0 Å². The van der Waals surface area contributed by atoms with Gasteiger partial charge in [0.05, 0.1) is 25.1 Å². The molecule has 1 amide bonds. The molecule has 9 heteroatoms. The molecule has 4 N–H and O–H groups in total. The summed E-state index contributed by atoms with van der Waals surface area (Å²) >= 11 is 0. The van der Waals surface area contributed by atoms with Crippen LogP contribution in [-0.4, -0.2) is 50.4 Å². The largest absolute Gasteiger partial charge is 0.466 e. The minimum Gasteiger partial charge on any atom is -0.466 e. The van der Waals surface area contributed by atoms with E-state index in [0.29, 0.717) is 0 Å². The molecule has 0 fully saturated rings. The second-order valence-electron chi connectivity index (χ2n) is 5.69. The van der Waals surface area contributed by atoms with Crippen LogP contribution >= 0.6 is 0 Å². The van der Waals surface area contributed by atoms with Crippen molar-refractivity contribution in [3.05, 3.63) is 11.4 Å². The fraction of sp³-hybridized carbons (Fsp3) is 0.667. The van der Waals surface area contributed by atoms with Crippen LogP contribution in [0.2, 0.25) is 0 Å². The Labute approximate surface area is 141 Å². The fourth-order valence-corrected chi connectivity index (χ4v) is 1.48. The maximum absolute atomic E-state index is 12.0. The molecule has 0 heterocycles. The van der Waals surface area contributed by atoms with Crippen molar-refractivity contribution in [2.24, 2.45) is 5.73 Å².